The van der Waals surface area contributed by atoms with Gasteiger partial charge in [-0.15, -0.1) is 0 Å². The second-order valence-electron chi connectivity index (χ2n) is 8.43. The molecular formula is C25H28ClN3O. The van der Waals surface area contributed by atoms with Gasteiger partial charge in [0.1, 0.15) is 0 Å². The van der Waals surface area contributed by atoms with E-state index in [1.165, 1.54) is 16.7 Å². The van der Waals surface area contributed by atoms with Crippen molar-refractivity contribution < 1.29 is 4.52 Å². The molecule has 1 atom stereocenters. The van der Waals surface area contributed by atoms with Crippen molar-refractivity contribution in [3.05, 3.63) is 76.1 Å². The lowest BCUT2D eigenvalue weighted by molar-refractivity contribution is 0.184. The summed E-state index contributed by atoms with van der Waals surface area (Å²) in [4.78, 5) is 6.89. The van der Waals surface area contributed by atoms with Gasteiger partial charge in [-0.2, -0.15) is 4.98 Å². The van der Waals surface area contributed by atoms with E-state index in [0.717, 1.165) is 36.3 Å². The minimum absolute atomic E-state index is 0.376. The topological polar surface area (TPSA) is 42.2 Å². The first-order valence-electron chi connectivity index (χ1n) is 10.5. The summed E-state index contributed by atoms with van der Waals surface area (Å²) < 4.78 is 5.50. The molecule has 0 N–H and O–H groups in total. The third-order valence-corrected chi connectivity index (χ3v) is 6.15. The Hall–Kier alpha value is -2.43. The molecule has 1 fully saturated rings. The first kappa shape index (κ1) is 20.8. The minimum atomic E-state index is 0.376. The van der Waals surface area contributed by atoms with Crippen LogP contribution in [0.5, 0.6) is 0 Å². The quantitative estimate of drug-likeness (QED) is 0.466. The molecule has 156 valence electrons. The van der Waals surface area contributed by atoms with E-state index in [1.807, 2.05) is 24.3 Å². The molecule has 1 unspecified atom stereocenters. The molecule has 30 heavy (non-hydrogen) atoms. The fraction of sp³-hybridized carbons (Fsp3) is 0.360. The van der Waals surface area contributed by atoms with Crippen LogP contribution in [-0.4, -0.2) is 29.1 Å². The van der Waals surface area contributed by atoms with E-state index >= 15 is 0 Å². The summed E-state index contributed by atoms with van der Waals surface area (Å²) in [6.07, 6.45) is 6.46. The summed E-state index contributed by atoms with van der Waals surface area (Å²) in [6, 6.07) is 16.8. The highest BCUT2D eigenvalue weighted by Gasteiger charge is 2.28. The highest BCUT2D eigenvalue weighted by atomic mass is 35.5. The number of halogens is 1. The number of aromatic nitrogens is 2. The van der Waals surface area contributed by atoms with Gasteiger partial charge in [-0.25, -0.2) is 0 Å². The Balaban J connectivity index is 1.44. The largest absolute Gasteiger partial charge is 0.334 e. The van der Waals surface area contributed by atoms with Crippen molar-refractivity contribution in [3.63, 3.8) is 0 Å². The second kappa shape index (κ2) is 9.15. The number of hydrogen-bond donors (Lipinski definition) is 0. The summed E-state index contributed by atoms with van der Waals surface area (Å²) in [5.74, 6) is 1.84. The van der Waals surface area contributed by atoms with Crippen LogP contribution in [0.4, 0.5) is 0 Å². The van der Waals surface area contributed by atoms with Crippen LogP contribution in [0.25, 0.3) is 17.5 Å². The maximum Gasteiger partial charge on any atom is 0.250 e. The minimum Gasteiger partial charge on any atom is -0.334 e. The van der Waals surface area contributed by atoms with Crippen molar-refractivity contribution in [2.75, 3.05) is 14.1 Å². The van der Waals surface area contributed by atoms with Crippen molar-refractivity contribution in [2.45, 2.75) is 38.6 Å². The molecule has 1 aliphatic rings. The van der Waals surface area contributed by atoms with Crippen LogP contribution >= 0.6 is 11.6 Å². The molecule has 0 aliphatic heterocycles. The summed E-state index contributed by atoms with van der Waals surface area (Å²) in [6.45, 7) is 2.06. The fourth-order valence-electron chi connectivity index (χ4n) is 4.52. The van der Waals surface area contributed by atoms with Crippen LogP contribution in [0, 0.1) is 12.8 Å². The summed E-state index contributed by atoms with van der Waals surface area (Å²) in [7, 11) is 4.31. The zero-order valence-corrected chi connectivity index (χ0v) is 18.6. The highest BCUT2D eigenvalue weighted by Crippen LogP contribution is 2.40. The highest BCUT2D eigenvalue weighted by molar-refractivity contribution is 6.30. The van der Waals surface area contributed by atoms with Crippen molar-refractivity contribution in [2.24, 2.45) is 5.92 Å². The first-order chi connectivity index (χ1) is 14.5. The van der Waals surface area contributed by atoms with Gasteiger partial charge in [0, 0.05) is 22.7 Å². The van der Waals surface area contributed by atoms with Gasteiger partial charge in [-0.05, 0) is 76.4 Å². The average molecular weight is 422 g/mol. The van der Waals surface area contributed by atoms with Crippen molar-refractivity contribution >= 4 is 17.7 Å². The standard InChI is InChI=1S/C25H28ClN3O/c1-17-6-4-8-21(14-17)25-27-23(30-28-25)15-18-10-12-19(13-11-18)24(29(2)3)20-7-5-9-22(26)16-20/h4-9,14-16,19,24H,10-13H2,1-3H3. The molecule has 0 radical (unpaired) electrons. The number of allylic oxidation sites excluding steroid dienone is 1. The van der Waals surface area contributed by atoms with Crippen LogP contribution < -0.4 is 0 Å². The van der Waals surface area contributed by atoms with Crippen LogP contribution in [0.2, 0.25) is 5.02 Å². The maximum atomic E-state index is 6.25. The Labute approximate surface area is 183 Å². The predicted molar refractivity (Wildman–Crippen MR) is 122 cm³/mol. The SMILES string of the molecule is Cc1cccc(-c2noc(C=C3CCC(C(c4cccc(Cl)c4)N(C)C)CC3)n2)c1. The summed E-state index contributed by atoms with van der Waals surface area (Å²) in [5.41, 5.74) is 4.85. The van der Waals surface area contributed by atoms with E-state index < -0.39 is 0 Å². The molecule has 1 saturated carbocycles. The maximum absolute atomic E-state index is 6.25. The van der Waals surface area contributed by atoms with Crippen molar-refractivity contribution in [3.8, 4) is 11.4 Å². The summed E-state index contributed by atoms with van der Waals surface area (Å²) in [5, 5.41) is 4.96. The Morgan fingerprint density at radius 2 is 1.87 bits per heavy atom. The van der Waals surface area contributed by atoms with Gasteiger partial charge in [-0.1, -0.05) is 58.2 Å². The van der Waals surface area contributed by atoms with Crippen molar-refractivity contribution in [1.29, 1.82) is 0 Å². The third-order valence-electron chi connectivity index (χ3n) is 5.91. The van der Waals surface area contributed by atoms with Crippen molar-refractivity contribution in [1.82, 2.24) is 15.0 Å². The van der Waals surface area contributed by atoms with E-state index in [1.54, 1.807) is 0 Å². The number of rotatable bonds is 5. The van der Waals surface area contributed by atoms with Gasteiger partial charge < -0.3 is 9.42 Å². The lowest BCUT2D eigenvalue weighted by Crippen LogP contribution is -2.29. The monoisotopic (exact) mass is 421 g/mol. The van der Waals surface area contributed by atoms with Crippen LogP contribution in [-0.2, 0) is 0 Å². The van der Waals surface area contributed by atoms with Gasteiger partial charge >= 0.3 is 0 Å². The molecule has 0 bridgehead atoms. The van der Waals surface area contributed by atoms with Gasteiger partial charge in [0.15, 0.2) is 0 Å². The Morgan fingerprint density at radius 1 is 1.10 bits per heavy atom. The lowest BCUT2D eigenvalue weighted by atomic mass is 9.78. The molecule has 0 amide bonds. The zero-order valence-electron chi connectivity index (χ0n) is 17.8. The fourth-order valence-corrected chi connectivity index (χ4v) is 4.72. The average Bonchev–Trinajstić information content (AvgIpc) is 3.18. The third kappa shape index (κ3) is 4.82. The second-order valence-corrected chi connectivity index (χ2v) is 8.87. The normalized spacial score (nSPS) is 17.9. The summed E-state index contributed by atoms with van der Waals surface area (Å²) >= 11 is 6.25. The molecule has 1 aliphatic carbocycles. The molecule has 0 saturated heterocycles. The lowest BCUT2D eigenvalue weighted by Gasteiger charge is -2.36. The van der Waals surface area contributed by atoms with E-state index in [4.69, 9.17) is 16.1 Å². The molecule has 0 spiro atoms. The van der Waals surface area contributed by atoms with Crippen LogP contribution in [0.3, 0.4) is 0 Å². The Morgan fingerprint density at radius 3 is 2.57 bits per heavy atom. The molecular weight excluding hydrogens is 394 g/mol. The van der Waals surface area contributed by atoms with E-state index in [2.05, 4.69) is 66.4 Å². The number of nitrogens with zero attached hydrogens (tertiary/aromatic N) is 3. The van der Waals surface area contributed by atoms with Gasteiger partial charge in [0.25, 0.3) is 5.89 Å². The van der Waals surface area contributed by atoms with E-state index in [0.29, 0.717) is 23.7 Å². The molecule has 4 rings (SSSR count). The van der Waals surface area contributed by atoms with Crippen LogP contribution in [0.15, 0.2) is 58.6 Å². The number of aryl methyl sites for hydroxylation is 1. The number of hydrogen-bond acceptors (Lipinski definition) is 4. The molecule has 1 heterocycles. The zero-order chi connectivity index (χ0) is 21.1. The van der Waals surface area contributed by atoms with Gasteiger partial charge in [-0.3, -0.25) is 0 Å². The predicted octanol–water partition coefficient (Wildman–Crippen LogP) is 6.57. The Bertz CT molecular complexity index is 1030. The molecule has 3 aromatic rings. The van der Waals surface area contributed by atoms with Gasteiger partial charge in [0.05, 0.1) is 0 Å². The molecule has 5 heteroatoms. The number of benzene rings is 2. The molecule has 2 aromatic carbocycles. The molecule has 4 nitrogen and oxygen atoms in total. The smallest absolute Gasteiger partial charge is 0.250 e. The van der Waals surface area contributed by atoms with Crippen LogP contribution in [0.1, 0.15) is 48.7 Å². The molecule has 1 aromatic heterocycles. The van der Waals surface area contributed by atoms with E-state index in [-0.39, 0.29) is 0 Å². The first-order valence-corrected chi connectivity index (χ1v) is 10.9. The van der Waals surface area contributed by atoms with E-state index in [9.17, 15) is 0 Å². The Kier molecular flexibility index (Phi) is 6.35. The van der Waals surface area contributed by atoms with Gasteiger partial charge in [0.2, 0.25) is 5.82 Å².